The predicted octanol–water partition coefficient (Wildman–Crippen LogP) is 2.75. The molecule has 0 aliphatic carbocycles. The number of barbiturate groups is 1. The molecule has 0 bridgehead atoms. The third kappa shape index (κ3) is 2.48. The Labute approximate surface area is 128 Å². The van der Waals surface area contributed by atoms with Crippen LogP contribution in [0.15, 0.2) is 6.07 Å². The van der Waals surface area contributed by atoms with Crippen LogP contribution in [0.3, 0.4) is 0 Å². The van der Waals surface area contributed by atoms with Crippen molar-refractivity contribution in [2.24, 2.45) is 5.41 Å². The maximum Gasteiger partial charge on any atom is 0.331 e. The lowest BCUT2D eigenvalue weighted by atomic mass is 9.78. The largest absolute Gasteiger partial charge is 0.331 e. The van der Waals surface area contributed by atoms with Crippen molar-refractivity contribution in [3.05, 3.63) is 21.4 Å². The van der Waals surface area contributed by atoms with E-state index in [0.29, 0.717) is 12.8 Å². The third-order valence-corrected chi connectivity index (χ3v) is 5.43. The molecule has 2 rings (SSSR count). The van der Waals surface area contributed by atoms with Crippen LogP contribution in [0.1, 0.15) is 42.0 Å². The van der Waals surface area contributed by atoms with Crippen molar-refractivity contribution >= 4 is 29.2 Å². The van der Waals surface area contributed by atoms with E-state index >= 15 is 0 Å². The van der Waals surface area contributed by atoms with Crippen LogP contribution in [0.25, 0.3) is 0 Å². The van der Waals surface area contributed by atoms with E-state index in [1.165, 1.54) is 9.78 Å². The monoisotopic (exact) mass is 308 g/mol. The molecule has 0 saturated carbocycles. The van der Waals surface area contributed by atoms with Crippen LogP contribution in [0.5, 0.6) is 0 Å². The molecule has 1 aromatic rings. The minimum Gasteiger partial charge on any atom is -0.277 e. The molecule has 1 fully saturated rings. The normalized spacial score (nSPS) is 18.1. The van der Waals surface area contributed by atoms with E-state index in [4.69, 9.17) is 0 Å². The van der Waals surface area contributed by atoms with Gasteiger partial charge in [-0.25, -0.2) is 4.79 Å². The lowest BCUT2D eigenvalue weighted by Crippen LogP contribution is -2.63. The first kappa shape index (κ1) is 15.7. The minimum absolute atomic E-state index is 0.221. The number of nitrogens with zero attached hydrogens (tertiary/aromatic N) is 1. The summed E-state index contributed by atoms with van der Waals surface area (Å²) in [5.74, 6) is -0.859. The van der Waals surface area contributed by atoms with E-state index in [0.717, 1.165) is 10.4 Å². The van der Waals surface area contributed by atoms with Crippen molar-refractivity contribution in [3.8, 4) is 0 Å². The summed E-state index contributed by atoms with van der Waals surface area (Å²) in [4.78, 5) is 40.0. The first-order chi connectivity index (χ1) is 9.85. The lowest BCUT2D eigenvalue weighted by molar-refractivity contribution is -0.152. The van der Waals surface area contributed by atoms with Crippen molar-refractivity contribution in [2.75, 3.05) is 0 Å². The van der Waals surface area contributed by atoms with E-state index in [9.17, 15) is 14.4 Å². The Morgan fingerprint density at radius 1 is 1.19 bits per heavy atom. The highest BCUT2D eigenvalue weighted by molar-refractivity contribution is 7.12. The van der Waals surface area contributed by atoms with Crippen LogP contribution >= 0.6 is 11.3 Å². The number of rotatable bonds is 4. The highest BCUT2D eigenvalue weighted by atomic mass is 32.1. The SMILES string of the molecule is CCC1(CC)C(=O)NC(=O)N(Cc2cc(C)c(C)s2)C1=O. The summed E-state index contributed by atoms with van der Waals surface area (Å²) >= 11 is 1.57. The highest BCUT2D eigenvalue weighted by Gasteiger charge is 2.51. The first-order valence-corrected chi connectivity index (χ1v) is 7.90. The Kier molecular flexibility index (Phi) is 4.18. The summed E-state index contributed by atoms with van der Waals surface area (Å²) in [5, 5.41) is 2.33. The minimum atomic E-state index is -1.12. The van der Waals surface area contributed by atoms with E-state index in [-0.39, 0.29) is 12.5 Å². The topological polar surface area (TPSA) is 66.5 Å². The zero-order valence-electron chi connectivity index (χ0n) is 12.8. The fourth-order valence-electron chi connectivity index (χ4n) is 2.63. The molecular weight excluding hydrogens is 288 g/mol. The number of hydrogen-bond acceptors (Lipinski definition) is 4. The molecule has 0 unspecified atom stereocenters. The van der Waals surface area contributed by atoms with E-state index < -0.39 is 17.4 Å². The van der Waals surface area contributed by atoms with Gasteiger partial charge in [0.25, 0.3) is 0 Å². The maximum atomic E-state index is 12.7. The van der Waals surface area contributed by atoms with Gasteiger partial charge in [-0.1, -0.05) is 13.8 Å². The summed E-state index contributed by atoms with van der Waals surface area (Å²) in [6, 6.07) is 1.36. The number of thiophene rings is 1. The van der Waals surface area contributed by atoms with Gasteiger partial charge in [-0.05, 0) is 38.3 Å². The summed E-state index contributed by atoms with van der Waals surface area (Å²) in [6.07, 6.45) is 0.779. The second-order valence-electron chi connectivity index (χ2n) is 5.39. The van der Waals surface area contributed by atoms with Crippen LogP contribution in [0, 0.1) is 19.3 Å². The fourth-order valence-corrected chi connectivity index (χ4v) is 3.68. The van der Waals surface area contributed by atoms with Crippen LogP contribution in [0.4, 0.5) is 4.79 Å². The second-order valence-corrected chi connectivity index (χ2v) is 6.73. The molecule has 21 heavy (non-hydrogen) atoms. The number of imide groups is 2. The number of carbonyl (C=O) groups is 3. The average molecular weight is 308 g/mol. The molecule has 0 radical (unpaired) electrons. The van der Waals surface area contributed by atoms with E-state index in [1.54, 1.807) is 25.2 Å². The Morgan fingerprint density at radius 2 is 1.81 bits per heavy atom. The molecule has 1 N–H and O–H groups in total. The summed E-state index contributed by atoms with van der Waals surface area (Å²) < 4.78 is 0. The molecule has 4 amide bonds. The molecule has 6 heteroatoms. The zero-order valence-corrected chi connectivity index (χ0v) is 13.6. The number of aryl methyl sites for hydroxylation is 2. The molecule has 114 valence electrons. The molecule has 1 aliphatic rings. The highest BCUT2D eigenvalue weighted by Crippen LogP contribution is 2.33. The molecule has 0 atom stereocenters. The van der Waals surface area contributed by atoms with Crippen molar-refractivity contribution < 1.29 is 14.4 Å². The van der Waals surface area contributed by atoms with E-state index in [2.05, 4.69) is 5.32 Å². The lowest BCUT2D eigenvalue weighted by Gasteiger charge is -2.38. The number of nitrogens with one attached hydrogen (secondary N) is 1. The molecule has 0 aromatic carbocycles. The van der Waals surface area contributed by atoms with E-state index in [1.807, 2.05) is 19.9 Å². The summed E-state index contributed by atoms with van der Waals surface area (Å²) in [5.41, 5.74) is 0.0307. The molecule has 1 aliphatic heterocycles. The Balaban J connectivity index is 2.31. The second kappa shape index (κ2) is 5.60. The van der Waals surface area contributed by atoms with Gasteiger partial charge in [-0.15, -0.1) is 11.3 Å². The van der Waals surface area contributed by atoms with Crippen molar-refractivity contribution in [1.82, 2.24) is 10.2 Å². The number of hydrogen-bond donors (Lipinski definition) is 1. The Hall–Kier alpha value is -1.69. The van der Waals surface area contributed by atoms with Crippen LogP contribution in [-0.2, 0) is 16.1 Å². The molecule has 5 nitrogen and oxygen atoms in total. The van der Waals surface area contributed by atoms with Gasteiger partial charge in [-0.2, -0.15) is 0 Å². The Morgan fingerprint density at radius 3 is 2.29 bits per heavy atom. The van der Waals surface area contributed by atoms with Crippen molar-refractivity contribution in [1.29, 1.82) is 0 Å². The van der Waals surface area contributed by atoms with Gasteiger partial charge in [0, 0.05) is 9.75 Å². The van der Waals surface area contributed by atoms with Crippen LogP contribution in [0.2, 0.25) is 0 Å². The smallest absolute Gasteiger partial charge is 0.277 e. The van der Waals surface area contributed by atoms with Crippen molar-refractivity contribution in [2.45, 2.75) is 47.1 Å². The average Bonchev–Trinajstić information content (AvgIpc) is 2.75. The summed E-state index contributed by atoms with van der Waals surface area (Å²) in [6.45, 7) is 7.83. The van der Waals surface area contributed by atoms with Gasteiger partial charge in [-0.3, -0.25) is 19.8 Å². The zero-order chi connectivity index (χ0) is 15.8. The molecular formula is C15H20N2O3S. The summed E-state index contributed by atoms with van der Waals surface area (Å²) in [7, 11) is 0. The van der Waals surface area contributed by atoms with Gasteiger partial charge in [0.15, 0.2) is 0 Å². The molecule has 1 saturated heterocycles. The van der Waals surface area contributed by atoms with Crippen LogP contribution < -0.4 is 5.32 Å². The number of carbonyl (C=O) groups excluding carboxylic acids is 3. The van der Waals surface area contributed by atoms with Gasteiger partial charge >= 0.3 is 6.03 Å². The standard InChI is InChI=1S/C15H20N2O3S/c1-5-15(6-2)12(18)16-14(20)17(13(15)19)8-11-7-9(3)10(4)21-11/h7H,5-6,8H2,1-4H3,(H,16,18,20). The molecule has 1 aromatic heterocycles. The van der Waals surface area contributed by atoms with Gasteiger partial charge in [0.1, 0.15) is 5.41 Å². The van der Waals surface area contributed by atoms with Gasteiger partial charge in [0.2, 0.25) is 11.8 Å². The van der Waals surface area contributed by atoms with Gasteiger partial charge < -0.3 is 0 Å². The quantitative estimate of drug-likeness (QED) is 0.870. The Bertz CT molecular complexity index is 583. The number of urea groups is 1. The fraction of sp³-hybridized carbons (Fsp3) is 0.533. The van der Waals surface area contributed by atoms with Crippen LogP contribution in [-0.4, -0.2) is 22.7 Å². The van der Waals surface area contributed by atoms with Gasteiger partial charge in [0.05, 0.1) is 6.54 Å². The number of amides is 4. The third-order valence-electron chi connectivity index (χ3n) is 4.29. The first-order valence-electron chi connectivity index (χ1n) is 7.09. The maximum absolute atomic E-state index is 12.7. The molecule has 2 heterocycles. The van der Waals surface area contributed by atoms with Crippen molar-refractivity contribution in [3.63, 3.8) is 0 Å². The predicted molar refractivity (Wildman–Crippen MR) is 80.9 cm³/mol. The molecule has 0 spiro atoms.